The second-order valence-electron chi connectivity index (χ2n) is 2.33. The van der Waals surface area contributed by atoms with Gasteiger partial charge in [-0.3, -0.25) is 4.98 Å². The number of hydrogen-bond donors (Lipinski definition) is 1. The lowest BCUT2D eigenvalue weighted by Gasteiger charge is -1.72. The first-order valence-corrected chi connectivity index (χ1v) is 4.42. The molecule has 0 spiro atoms. The van der Waals surface area contributed by atoms with Crippen molar-refractivity contribution >= 4 is 12.2 Å². The minimum absolute atomic E-state index is 0. The van der Waals surface area contributed by atoms with Crippen LogP contribution in [0.25, 0.3) is 12.2 Å². The van der Waals surface area contributed by atoms with Crippen molar-refractivity contribution in [3.8, 4) is 0 Å². The SMILES string of the molecule is CC.O=c1[nH]c2c(o1)=CCC=CC=2.[HH]. The van der Waals surface area contributed by atoms with E-state index >= 15 is 0 Å². The second-order valence-corrected chi connectivity index (χ2v) is 2.33. The first kappa shape index (κ1) is 9.58. The Labute approximate surface area is 77.6 Å². The summed E-state index contributed by atoms with van der Waals surface area (Å²) in [5.74, 6) is -0.391. The molecule has 0 atom stereocenters. The first-order valence-electron chi connectivity index (χ1n) is 4.42. The quantitative estimate of drug-likeness (QED) is 0.642. The number of allylic oxidation sites excluding steroid dienone is 2. The molecule has 0 saturated heterocycles. The van der Waals surface area contributed by atoms with E-state index in [1.807, 2.05) is 38.2 Å². The normalized spacial score (nSPS) is 12.8. The van der Waals surface area contributed by atoms with Gasteiger partial charge in [0.15, 0.2) is 5.42 Å². The Balaban J connectivity index is 0.000000531. The minimum atomic E-state index is -0.391. The van der Waals surface area contributed by atoms with E-state index in [4.69, 9.17) is 4.42 Å². The molecule has 72 valence electrons. The third-order valence-electron chi connectivity index (χ3n) is 1.54. The summed E-state index contributed by atoms with van der Waals surface area (Å²) in [5.41, 5.74) is 0.639. The molecule has 0 amide bonds. The minimum Gasteiger partial charge on any atom is -0.408 e. The molecule has 3 nitrogen and oxygen atoms in total. The standard InChI is InChI=1S/C8H7NO2.C2H6.H2/c10-8-9-6-4-2-1-3-5-7(6)11-8;1-2;/h1-2,4-5H,3H2,(H,9,10);1-2H3;1H. The van der Waals surface area contributed by atoms with Crippen LogP contribution in [0.2, 0.25) is 0 Å². The molecule has 0 aliphatic heterocycles. The van der Waals surface area contributed by atoms with Crippen LogP contribution in [0.4, 0.5) is 0 Å². The maximum absolute atomic E-state index is 10.7. The van der Waals surface area contributed by atoms with Gasteiger partial charge in [-0.1, -0.05) is 26.0 Å². The van der Waals surface area contributed by atoms with Gasteiger partial charge in [0.25, 0.3) is 0 Å². The van der Waals surface area contributed by atoms with Crippen LogP contribution in [0.5, 0.6) is 0 Å². The van der Waals surface area contributed by atoms with E-state index in [1.165, 1.54) is 0 Å². The molecule has 1 heterocycles. The molecule has 1 aliphatic carbocycles. The number of rotatable bonds is 0. The van der Waals surface area contributed by atoms with Gasteiger partial charge >= 0.3 is 5.76 Å². The average molecular weight is 181 g/mol. The van der Waals surface area contributed by atoms with Crippen molar-refractivity contribution in [2.75, 3.05) is 0 Å². The summed E-state index contributed by atoms with van der Waals surface area (Å²) in [7, 11) is 0. The topological polar surface area (TPSA) is 46.0 Å². The van der Waals surface area contributed by atoms with E-state index in [-0.39, 0.29) is 1.43 Å². The van der Waals surface area contributed by atoms with Gasteiger partial charge in [0, 0.05) is 1.43 Å². The van der Waals surface area contributed by atoms with Crippen LogP contribution in [0, 0.1) is 0 Å². The molecule has 0 bridgehead atoms. The first-order chi connectivity index (χ1) is 6.36. The number of aromatic amines is 1. The summed E-state index contributed by atoms with van der Waals surface area (Å²) in [4.78, 5) is 13.3. The lowest BCUT2D eigenvalue weighted by Crippen LogP contribution is -2.21. The lowest BCUT2D eigenvalue weighted by molar-refractivity contribution is 0.485. The summed E-state index contributed by atoms with van der Waals surface area (Å²) >= 11 is 0. The number of H-pyrrole nitrogens is 1. The van der Waals surface area contributed by atoms with Crippen molar-refractivity contribution in [1.29, 1.82) is 0 Å². The number of hydrogen-bond acceptors (Lipinski definition) is 2. The van der Waals surface area contributed by atoms with Crippen LogP contribution >= 0.6 is 0 Å². The molecule has 3 heteroatoms. The van der Waals surface area contributed by atoms with E-state index in [0.29, 0.717) is 5.42 Å². The smallest absolute Gasteiger partial charge is 0.408 e. The molecule has 1 aromatic rings. The van der Waals surface area contributed by atoms with Crippen LogP contribution in [-0.2, 0) is 0 Å². The van der Waals surface area contributed by atoms with Gasteiger partial charge in [0.2, 0.25) is 0 Å². The highest BCUT2D eigenvalue weighted by molar-refractivity contribution is 5.39. The predicted molar refractivity (Wildman–Crippen MR) is 54.7 cm³/mol. The summed E-state index contributed by atoms with van der Waals surface area (Å²) < 4.78 is 4.85. The van der Waals surface area contributed by atoms with Crippen LogP contribution in [0.3, 0.4) is 0 Å². The third-order valence-corrected chi connectivity index (χ3v) is 1.54. The fraction of sp³-hybridized carbons (Fsp3) is 0.300. The molecule has 1 aromatic heterocycles. The van der Waals surface area contributed by atoms with Gasteiger partial charge in [-0.25, -0.2) is 4.79 Å². The average Bonchev–Trinajstić information content (AvgIpc) is 2.36. The van der Waals surface area contributed by atoms with Gasteiger partial charge in [-0.2, -0.15) is 0 Å². The zero-order chi connectivity index (χ0) is 9.68. The third kappa shape index (κ3) is 2.21. The maximum Gasteiger partial charge on any atom is 0.417 e. The molecule has 0 saturated carbocycles. The largest absolute Gasteiger partial charge is 0.417 e. The highest BCUT2D eigenvalue weighted by atomic mass is 16.4. The predicted octanol–water partition coefficient (Wildman–Crippen LogP) is 0.761. The van der Waals surface area contributed by atoms with Gasteiger partial charge in [-0.05, 0) is 18.6 Å². The summed E-state index contributed by atoms with van der Waals surface area (Å²) in [6.07, 6.45) is 8.39. The van der Waals surface area contributed by atoms with E-state index in [2.05, 4.69) is 4.98 Å². The zero-order valence-corrected chi connectivity index (χ0v) is 7.83. The lowest BCUT2D eigenvalue weighted by atomic mass is 10.4. The summed E-state index contributed by atoms with van der Waals surface area (Å²) in [5, 5.41) is 0.753. The highest BCUT2D eigenvalue weighted by Gasteiger charge is 1.93. The Morgan fingerprint density at radius 3 is 3.08 bits per heavy atom. The Morgan fingerprint density at radius 2 is 2.31 bits per heavy atom. The molecular formula is C10H15NO2. The van der Waals surface area contributed by atoms with E-state index in [9.17, 15) is 4.79 Å². The summed E-state index contributed by atoms with van der Waals surface area (Å²) in [6.45, 7) is 4.00. The van der Waals surface area contributed by atoms with Crippen LogP contribution in [-0.4, -0.2) is 4.98 Å². The van der Waals surface area contributed by atoms with Crippen LogP contribution in [0.1, 0.15) is 21.7 Å². The van der Waals surface area contributed by atoms with Crippen molar-refractivity contribution in [1.82, 2.24) is 4.98 Å². The zero-order valence-electron chi connectivity index (χ0n) is 7.83. The highest BCUT2D eigenvalue weighted by Crippen LogP contribution is 1.86. The molecular weight excluding hydrogens is 166 g/mol. The number of nitrogens with one attached hydrogen (secondary N) is 1. The molecule has 0 aromatic carbocycles. The van der Waals surface area contributed by atoms with Crippen molar-refractivity contribution in [3.05, 3.63) is 33.5 Å². The molecule has 2 rings (SSSR count). The molecule has 0 fully saturated rings. The number of fused-ring (bicyclic) bond motifs is 1. The maximum atomic E-state index is 10.7. The number of oxazole rings is 1. The summed E-state index contributed by atoms with van der Waals surface area (Å²) in [6, 6.07) is 0. The van der Waals surface area contributed by atoms with Crippen LogP contribution < -0.4 is 16.5 Å². The fourth-order valence-corrected chi connectivity index (χ4v) is 1.05. The number of aromatic nitrogens is 1. The van der Waals surface area contributed by atoms with Crippen molar-refractivity contribution < 1.29 is 5.84 Å². The van der Waals surface area contributed by atoms with Crippen molar-refractivity contribution in [3.63, 3.8) is 0 Å². The van der Waals surface area contributed by atoms with E-state index in [0.717, 1.165) is 11.8 Å². The molecule has 0 radical (unpaired) electrons. The second kappa shape index (κ2) is 4.50. The monoisotopic (exact) mass is 181 g/mol. The van der Waals surface area contributed by atoms with Crippen molar-refractivity contribution in [2.45, 2.75) is 20.3 Å². The Kier molecular flexibility index (Phi) is 3.31. The van der Waals surface area contributed by atoms with Gasteiger partial charge < -0.3 is 4.42 Å². The molecule has 1 aliphatic rings. The van der Waals surface area contributed by atoms with Gasteiger partial charge in [0.05, 0.1) is 5.35 Å². The fourth-order valence-electron chi connectivity index (χ4n) is 1.05. The molecule has 0 unspecified atom stereocenters. The molecule has 13 heavy (non-hydrogen) atoms. The van der Waals surface area contributed by atoms with Crippen molar-refractivity contribution in [2.24, 2.45) is 0 Å². The van der Waals surface area contributed by atoms with Gasteiger partial charge in [-0.15, -0.1) is 0 Å². The Hall–Kier alpha value is -1.51. The van der Waals surface area contributed by atoms with E-state index < -0.39 is 5.76 Å². The molecule has 1 N–H and O–H groups in total. The van der Waals surface area contributed by atoms with Crippen LogP contribution in [0.15, 0.2) is 21.4 Å². The van der Waals surface area contributed by atoms with Gasteiger partial charge in [0.1, 0.15) is 0 Å². The Bertz CT molecular complexity index is 453. The Morgan fingerprint density at radius 1 is 1.54 bits per heavy atom. The van der Waals surface area contributed by atoms with E-state index in [1.54, 1.807) is 0 Å².